The third-order valence-electron chi connectivity index (χ3n) is 3.68. The van der Waals surface area contributed by atoms with Gasteiger partial charge in [0.1, 0.15) is 0 Å². The molecular weight excluding hydrogens is 268 g/mol. The summed E-state index contributed by atoms with van der Waals surface area (Å²) in [5, 5.41) is 2.78. The van der Waals surface area contributed by atoms with Gasteiger partial charge >= 0.3 is 0 Å². The highest BCUT2D eigenvalue weighted by Gasteiger charge is 2.40. The Morgan fingerprint density at radius 2 is 1.42 bits per heavy atom. The minimum Gasteiger partial charge on any atom is -0.125 e. The molecule has 1 atom stereocenters. The molecule has 19 heavy (non-hydrogen) atoms. The van der Waals surface area contributed by atoms with E-state index in [9.17, 15) is 0 Å². The van der Waals surface area contributed by atoms with Crippen LogP contribution in [0.5, 0.6) is 0 Å². The fourth-order valence-electron chi connectivity index (χ4n) is 2.64. The van der Waals surface area contributed by atoms with E-state index < -0.39 is 8.07 Å². The van der Waals surface area contributed by atoms with Crippen molar-refractivity contribution in [3.8, 4) is 0 Å². The fraction of sp³-hybridized carbons (Fsp3) is 0.176. The van der Waals surface area contributed by atoms with E-state index in [1.807, 2.05) is 12.1 Å². The molecule has 1 unspecified atom stereocenters. The quantitative estimate of drug-likeness (QED) is 0.583. The molecule has 0 aromatic heterocycles. The van der Waals surface area contributed by atoms with Crippen LogP contribution in [0.25, 0.3) is 0 Å². The molecule has 2 aromatic rings. The average Bonchev–Trinajstić information content (AvgIpc) is 2.50. The molecule has 2 aromatic carbocycles. The summed E-state index contributed by atoms with van der Waals surface area (Å²) in [6.07, 6.45) is 0.948. The highest BCUT2D eigenvalue weighted by Crippen LogP contribution is 2.19. The number of hydrogen-bond acceptors (Lipinski definition) is 0. The minimum atomic E-state index is -2.10. The van der Waals surface area contributed by atoms with Gasteiger partial charge in [-0.05, 0) is 16.8 Å². The van der Waals surface area contributed by atoms with E-state index in [-0.39, 0.29) is 5.00 Å². The first-order valence-electron chi connectivity index (χ1n) is 6.64. The van der Waals surface area contributed by atoms with Gasteiger partial charge in [-0.1, -0.05) is 73.3 Å². The summed E-state index contributed by atoms with van der Waals surface area (Å²) in [6.45, 7) is 6.28. The van der Waals surface area contributed by atoms with Crippen LogP contribution in [0.15, 0.2) is 72.9 Å². The van der Waals surface area contributed by atoms with Crippen molar-refractivity contribution in [3.05, 3.63) is 72.9 Å². The summed E-state index contributed by atoms with van der Waals surface area (Å²) in [5.74, 6) is 0. The summed E-state index contributed by atoms with van der Waals surface area (Å²) in [5.41, 5.74) is 2.12. The predicted molar refractivity (Wildman–Crippen MR) is 88.0 cm³/mol. The third-order valence-corrected chi connectivity index (χ3v) is 9.64. The number of hydrogen-bond donors (Lipinski definition) is 0. The zero-order valence-corrected chi connectivity index (χ0v) is 13.0. The first-order chi connectivity index (χ1) is 9.25. The van der Waals surface area contributed by atoms with Crippen molar-refractivity contribution in [2.75, 3.05) is 0 Å². The van der Waals surface area contributed by atoms with E-state index in [1.165, 1.54) is 10.4 Å². The molecule has 0 aliphatic carbocycles. The van der Waals surface area contributed by atoms with Gasteiger partial charge < -0.3 is 0 Å². The van der Waals surface area contributed by atoms with Crippen LogP contribution in [-0.2, 0) is 0 Å². The van der Waals surface area contributed by atoms with Crippen molar-refractivity contribution in [2.24, 2.45) is 0 Å². The Bertz CT molecular complexity index is 482. The molecule has 2 heteroatoms. The van der Waals surface area contributed by atoms with Gasteiger partial charge in [-0.3, -0.25) is 0 Å². The molecule has 0 amide bonds. The Morgan fingerprint density at radius 1 is 1.00 bits per heavy atom. The molecule has 0 aliphatic heterocycles. The Balaban J connectivity index is 2.65. The van der Waals surface area contributed by atoms with Crippen LogP contribution >= 0.6 is 11.6 Å². The van der Waals surface area contributed by atoms with Crippen LogP contribution < -0.4 is 10.4 Å². The number of alkyl halides is 1. The number of halogens is 1. The minimum absolute atomic E-state index is 0.120. The van der Waals surface area contributed by atoms with Crippen LogP contribution in [0, 0.1) is 0 Å². The predicted octanol–water partition coefficient (Wildman–Crippen LogP) is 3.53. The number of rotatable bonds is 5. The maximum atomic E-state index is 6.75. The summed E-state index contributed by atoms with van der Waals surface area (Å²) >= 11 is 6.75. The van der Waals surface area contributed by atoms with Crippen LogP contribution in [0.3, 0.4) is 0 Å². The van der Waals surface area contributed by atoms with Gasteiger partial charge in [0.25, 0.3) is 0 Å². The van der Waals surface area contributed by atoms with Gasteiger partial charge in [0.2, 0.25) is 0 Å². The van der Waals surface area contributed by atoms with Crippen molar-refractivity contribution in [3.63, 3.8) is 0 Å². The molecule has 98 valence electrons. The zero-order valence-electron chi connectivity index (χ0n) is 11.2. The van der Waals surface area contributed by atoms with Gasteiger partial charge in [0.15, 0.2) is 8.07 Å². The second-order valence-corrected chi connectivity index (χ2v) is 9.57. The average molecular weight is 287 g/mol. The standard InChI is InChI=1S/C17H19ClSi/c1-3-17(18)19(4-2,15-11-7-5-8-12-15)16-13-9-6-10-14-16/h4-14,17H,2-3H2,1H3. The molecule has 0 radical (unpaired) electrons. The Kier molecular flexibility index (Phi) is 4.62. The van der Waals surface area contributed by atoms with Crippen LogP contribution in [0.4, 0.5) is 0 Å². The van der Waals surface area contributed by atoms with E-state index in [1.54, 1.807) is 0 Å². The smallest absolute Gasteiger partial charge is 0.125 e. The first-order valence-corrected chi connectivity index (χ1v) is 9.23. The Morgan fingerprint density at radius 3 is 1.74 bits per heavy atom. The topological polar surface area (TPSA) is 0 Å². The summed E-state index contributed by atoms with van der Waals surface area (Å²) in [6, 6.07) is 21.2. The fourth-order valence-corrected chi connectivity index (χ4v) is 7.58. The molecule has 0 nitrogen and oxygen atoms in total. The summed E-state index contributed by atoms with van der Waals surface area (Å²) in [4.78, 5) is 0. The van der Waals surface area contributed by atoms with Gasteiger partial charge in [-0.25, -0.2) is 0 Å². The van der Waals surface area contributed by atoms with Crippen LogP contribution in [0.1, 0.15) is 13.3 Å². The zero-order chi connectivity index (χ0) is 13.7. The van der Waals surface area contributed by atoms with E-state index in [4.69, 9.17) is 11.6 Å². The molecular formula is C17H19ClSi. The lowest BCUT2D eigenvalue weighted by atomic mass is 10.4. The van der Waals surface area contributed by atoms with Crippen molar-refractivity contribution in [2.45, 2.75) is 18.3 Å². The second-order valence-electron chi connectivity index (χ2n) is 4.68. The monoisotopic (exact) mass is 286 g/mol. The van der Waals surface area contributed by atoms with E-state index in [0.29, 0.717) is 0 Å². The highest BCUT2D eigenvalue weighted by atomic mass is 35.5. The molecule has 0 saturated heterocycles. The third kappa shape index (κ3) is 2.53. The molecule has 0 bridgehead atoms. The molecule has 0 N–H and O–H groups in total. The lowest BCUT2D eigenvalue weighted by Gasteiger charge is -2.33. The van der Waals surface area contributed by atoms with Crippen LogP contribution in [-0.4, -0.2) is 13.1 Å². The van der Waals surface area contributed by atoms with Gasteiger partial charge in [-0.15, -0.1) is 18.2 Å². The van der Waals surface area contributed by atoms with Crippen molar-refractivity contribution in [1.29, 1.82) is 0 Å². The van der Waals surface area contributed by atoms with Gasteiger partial charge in [-0.2, -0.15) is 0 Å². The van der Waals surface area contributed by atoms with E-state index in [2.05, 4.69) is 67.7 Å². The Labute approximate surface area is 121 Å². The normalized spacial score (nSPS) is 12.9. The van der Waals surface area contributed by atoms with Gasteiger partial charge in [0.05, 0.1) is 0 Å². The van der Waals surface area contributed by atoms with Crippen molar-refractivity contribution < 1.29 is 0 Å². The lowest BCUT2D eigenvalue weighted by Crippen LogP contribution is -2.63. The SMILES string of the molecule is C=C[Si](c1ccccc1)(c1ccccc1)C(Cl)CC. The van der Waals surface area contributed by atoms with Crippen molar-refractivity contribution >= 4 is 30.0 Å². The second kappa shape index (κ2) is 6.22. The summed E-state index contributed by atoms with van der Waals surface area (Å²) in [7, 11) is -2.10. The molecule has 0 aliphatic rings. The van der Waals surface area contributed by atoms with Gasteiger partial charge in [0, 0.05) is 5.00 Å². The van der Waals surface area contributed by atoms with E-state index in [0.717, 1.165) is 6.42 Å². The molecule has 0 spiro atoms. The van der Waals surface area contributed by atoms with E-state index >= 15 is 0 Å². The number of benzene rings is 2. The maximum absolute atomic E-state index is 6.75. The maximum Gasteiger partial charge on any atom is 0.158 e. The lowest BCUT2D eigenvalue weighted by molar-refractivity contribution is 1.01. The largest absolute Gasteiger partial charge is 0.158 e. The highest BCUT2D eigenvalue weighted by molar-refractivity contribution is 7.10. The molecule has 0 heterocycles. The summed E-state index contributed by atoms with van der Waals surface area (Å²) < 4.78 is 0. The van der Waals surface area contributed by atoms with Crippen LogP contribution in [0.2, 0.25) is 0 Å². The molecule has 0 fully saturated rings. The first kappa shape index (κ1) is 14.1. The molecule has 0 saturated carbocycles. The van der Waals surface area contributed by atoms with Crippen molar-refractivity contribution in [1.82, 2.24) is 0 Å². The Hall–Kier alpha value is -1.31. The molecule has 2 rings (SSSR count).